The number of amides is 1. The van der Waals surface area contributed by atoms with Crippen molar-refractivity contribution in [1.29, 1.82) is 0 Å². The number of fused-ring (bicyclic) bond motifs is 1. The van der Waals surface area contributed by atoms with Gasteiger partial charge in [0, 0.05) is 43.9 Å². The van der Waals surface area contributed by atoms with Crippen molar-refractivity contribution >= 4 is 5.91 Å². The van der Waals surface area contributed by atoms with E-state index < -0.39 is 0 Å². The molecule has 0 bridgehead atoms. The Morgan fingerprint density at radius 2 is 1.53 bits per heavy atom. The van der Waals surface area contributed by atoms with Crippen LogP contribution >= 0.6 is 0 Å². The Morgan fingerprint density at radius 1 is 0.833 bits per heavy atom. The molecule has 0 unspecified atom stereocenters. The van der Waals surface area contributed by atoms with Crippen LogP contribution < -0.4 is 14.2 Å². The van der Waals surface area contributed by atoms with E-state index >= 15 is 0 Å². The van der Waals surface area contributed by atoms with Gasteiger partial charge in [-0.1, -0.05) is 19.3 Å². The number of nitrogens with zero attached hydrogens (tertiary/aromatic N) is 2. The van der Waals surface area contributed by atoms with Crippen LogP contribution in [0.3, 0.4) is 0 Å². The highest BCUT2D eigenvalue weighted by Crippen LogP contribution is 2.36. The van der Waals surface area contributed by atoms with Gasteiger partial charge in [0.15, 0.2) is 11.5 Å². The molecule has 0 radical (unpaired) electrons. The molecule has 1 saturated carbocycles. The Balaban J connectivity index is 1.17. The molecule has 2 heterocycles. The zero-order valence-corrected chi connectivity index (χ0v) is 17.2. The van der Waals surface area contributed by atoms with E-state index in [1.807, 2.05) is 47.4 Å². The van der Waals surface area contributed by atoms with Gasteiger partial charge in [-0.25, -0.2) is 0 Å². The summed E-state index contributed by atoms with van der Waals surface area (Å²) >= 11 is 0. The average molecular weight is 408 g/mol. The predicted octanol–water partition coefficient (Wildman–Crippen LogP) is 4.30. The molecule has 6 heteroatoms. The van der Waals surface area contributed by atoms with Crippen LogP contribution in [0.4, 0.5) is 0 Å². The molecular weight excluding hydrogens is 380 g/mol. The Hall–Kier alpha value is -2.73. The summed E-state index contributed by atoms with van der Waals surface area (Å²) in [6.45, 7) is 3.84. The van der Waals surface area contributed by atoms with Crippen LogP contribution in [0.25, 0.3) is 0 Å². The van der Waals surface area contributed by atoms with Gasteiger partial charge in [0.2, 0.25) is 6.79 Å². The minimum Gasteiger partial charge on any atom is -0.457 e. The molecule has 1 saturated heterocycles. The van der Waals surface area contributed by atoms with Crippen molar-refractivity contribution in [2.45, 2.75) is 38.1 Å². The third kappa shape index (κ3) is 4.10. The molecule has 2 aliphatic heterocycles. The third-order valence-corrected chi connectivity index (χ3v) is 6.37. The molecule has 30 heavy (non-hydrogen) atoms. The SMILES string of the molecule is O=C(c1ccc(Oc2ccc3c(c2)OCO3)cc1)N1CCN(C2CCCCC2)CC1. The third-order valence-electron chi connectivity index (χ3n) is 6.37. The van der Waals surface area contributed by atoms with E-state index in [-0.39, 0.29) is 12.7 Å². The summed E-state index contributed by atoms with van der Waals surface area (Å²) in [5, 5.41) is 0. The number of ether oxygens (including phenoxy) is 3. The van der Waals surface area contributed by atoms with E-state index in [2.05, 4.69) is 4.90 Å². The van der Waals surface area contributed by atoms with Gasteiger partial charge in [0.1, 0.15) is 11.5 Å². The van der Waals surface area contributed by atoms with Crippen molar-refractivity contribution in [1.82, 2.24) is 9.80 Å². The van der Waals surface area contributed by atoms with Gasteiger partial charge in [-0.15, -0.1) is 0 Å². The van der Waals surface area contributed by atoms with Crippen LogP contribution in [-0.2, 0) is 0 Å². The van der Waals surface area contributed by atoms with Gasteiger partial charge >= 0.3 is 0 Å². The second-order valence-electron chi connectivity index (χ2n) is 8.26. The molecule has 6 nitrogen and oxygen atoms in total. The molecule has 0 spiro atoms. The van der Waals surface area contributed by atoms with Crippen LogP contribution in [-0.4, -0.2) is 54.7 Å². The van der Waals surface area contributed by atoms with E-state index in [4.69, 9.17) is 14.2 Å². The van der Waals surface area contributed by atoms with Gasteiger partial charge in [-0.3, -0.25) is 9.69 Å². The normalized spacial score (nSPS) is 19.7. The van der Waals surface area contributed by atoms with Crippen molar-refractivity contribution in [3.8, 4) is 23.0 Å². The van der Waals surface area contributed by atoms with E-state index in [1.165, 1.54) is 32.1 Å². The summed E-state index contributed by atoms with van der Waals surface area (Å²) < 4.78 is 16.6. The lowest BCUT2D eigenvalue weighted by atomic mass is 9.94. The van der Waals surface area contributed by atoms with Gasteiger partial charge in [-0.05, 0) is 49.2 Å². The second kappa shape index (κ2) is 8.56. The predicted molar refractivity (Wildman–Crippen MR) is 113 cm³/mol. The summed E-state index contributed by atoms with van der Waals surface area (Å²) in [5.74, 6) is 2.89. The summed E-state index contributed by atoms with van der Waals surface area (Å²) in [4.78, 5) is 17.5. The Labute approximate surface area is 177 Å². The number of hydrogen-bond acceptors (Lipinski definition) is 5. The van der Waals surface area contributed by atoms with Crippen LogP contribution in [0.2, 0.25) is 0 Å². The van der Waals surface area contributed by atoms with Crippen LogP contribution in [0.15, 0.2) is 42.5 Å². The van der Waals surface area contributed by atoms with Crippen molar-refractivity contribution in [3.63, 3.8) is 0 Å². The highest BCUT2D eigenvalue weighted by atomic mass is 16.7. The zero-order chi connectivity index (χ0) is 20.3. The molecule has 2 aromatic carbocycles. The van der Waals surface area contributed by atoms with E-state index in [0.29, 0.717) is 22.8 Å². The first-order valence-corrected chi connectivity index (χ1v) is 11.0. The largest absolute Gasteiger partial charge is 0.457 e. The van der Waals surface area contributed by atoms with Crippen molar-refractivity contribution in [3.05, 3.63) is 48.0 Å². The minimum atomic E-state index is 0.105. The number of carbonyl (C=O) groups is 1. The standard InChI is InChI=1S/C24H28N2O4/c27-24(26-14-12-25(13-15-26)19-4-2-1-3-5-19)18-6-8-20(9-7-18)30-21-10-11-22-23(16-21)29-17-28-22/h6-11,16,19H,1-5,12-15,17H2. The topological polar surface area (TPSA) is 51.2 Å². The fraction of sp³-hybridized carbons (Fsp3) is 0.458. The number of piperazine rings is 1. The molecule has 158 valence electrons. The maximum atomic E-state index is 12.9. The average Bonchev–Trinajstić information content (AvgIpc) is 3.28. The first kappa shape index (κ1) is 19.2. The van der Waals surface area contributed by atoms with Crippen LogP contribution in [0.5, 0.6) is 23.0 Å². The van der Waals surface area contributed by atoms with Crippen LogP contribution in [0, 0.1) is 0 Å². The molecule has 5 rings (SSSR count). The number of benzene rings is 2. The van der Waals surface area contributed by atoms with Crippen molar-refractivity contribution < 1.29 is 19.0 Å². The molecule has 0 N–H and O–H groups in total. The highest BCUT2D eigenvalue weighted by molar-refractivity contribution is 5.94. The molecule has 2 aromatic rings. The molecular formula is C24H28N2O4. The van der Waals surface area contributed by atoms with E-state index in [1.54, 1.807) is 0 Å². The molecule has 3 aliphatic rings. The first-order valence-electron chi connectivity index (χ1n) is 11.0. The van der Waals surface area contributed by atoms with Gasteiger partial charge in [0.25, 0.3) is 5.91 Å². The fourth-order valence-electron chi connectivity index (χ4n) is 4.66. The monoisotopic (exact) mass is 408 g/mol. The smallest absolute Gasteiger partial charge is 0.253 e. The van der Waals surface area contributed by atoms with E-state index in [9.17, 15) is 4.79 Å². The van der Waals surface area contributed by atoms with E-state index in [0.717, 1.165) is 38.0 Å². The zero-order valence-electron chi connectivity index (χ0n) is 17.2. The molecule has 0 atom stereocenters. The lowest BCUT2D eigenvalue weighted by Gasteiger charge is -2.40. The minimum absolute atomic E-state index is 0.105. The molecule has 0 aromatic heterocycles. The molecule has 1 aliphatic carbocycles. The highest BCUT2D eigenvalue weighted by Gasteiger charge is 2.27. The lowest BCUT2D eigenvalue weighted by molar-refractivity contribution is 0.0523. The Kier molecular flexibility index (Phi) is 5.49. The summed E-state index contributed by atoms with van der Waals surface area (Å²) in [6.07, 6.45) is 6.72. The Bertz CT molecular complexity index is 885. The molecule has 2 fully saturated rings. The van der Waals surface area contributed by atoms with Crippen molar-refractivity contribution in [2.75, 3.05) is 33.0 Å². The first-order chi connectivity index (χ1) is 14.8. The maximum absolute atomic E-state index is 12.9. The number of rotatable bonds is 4. The summed E-state index contributed by atoms with van der Waals surface area (Å²) in [5.41, 5.74) is 0.708. The van der Waals surface area contributed by atoms with Gasteiger partial charge < -0.3 is 19.1 Å². The quantitative estimate of drug-likeness (QED) is 0.755. The van der Waals surface area contributed by atoms with Gasteiger partial charge in [-0.2, -0.15) is 0 Å². The summed E-state index contributed by atoms with van der Waals surface area (Å²) in [6, 6.07) is 13.6. The van der Waals surface area contributed by atoms with Crippen LogP contribution in [0.1, 0.15) is 42.5 Å². The number of carbonyl (C=O) groups excluding carboxylic acids is 1. The second-order valence-corrected chi connectivity index (χ2v) is 8.26. The summed E-state index contributed by atoms with van der Waals surface area (Å²) in [7, 11) is 0. The van der Waals surface area contributed by atoms with Crippen molar-refractivity contribution in [2.24, 2.45) is 0 Å². The lowest BCUT2D eigenvalue weighted by Crippen LogP contribution is -2.52. The van der Waals surface area contributed by atoms with Gasteiger partial charge in [0.05, 0.1) is 0 Å². The fourth-order valence-corrected chi connectivity index (χ4v) is 4.66. The Morgan fingerprint density at radius 3 is 2.30 bits per heavy atom. The number of hydrogen-bond donors (Lipinski definition) is 0. The maximum Gasteiger partial charge on any atom is 0.253 e. The molecule has 1 amide bonds.